The van der Waals surface area contributed by atoms with Crippen molar-refractivity contribution in [2.75, 3.05) is 17.4 Å². The molecule has 178 valence electrons. The van der Waals surface area contributed by atoms with Gasteiger partial charge in [-0.15, -0.1) is 0 Å². The van der Waals surface area contributed by atoms with Gasteiger partial charge in [0.05, 0.1) is 4.90 Å². The summed E-state index contributed by atoms with van der Waals surface area (Å²) in [6.45, 7) is 3.46. The van der Waals surface area contributed by atoms with E-state index >= 15 is 0 Å². The predicted molar refractivity (Wildman–Crippen MR) is 131 cm³/mol. The topological polar surface area (TPSA) is 115 Å². The SMILES string of the molecule is Cc1ccc(S(=O)(=O)N2CCC[N+](C(N)=O)(S(=O)(=O)c3ccc(C)cc3)c3ccccc32)cc1. The Kier molecular flexibility index (Phi) is 6.01. The molecule has 0 radical (unpaired) electrons. The number of para-hydroxylation sites is 2. The zero-order valence-corrected chi connectivity index (χ0v) is 20.5. The van der Waals surface area contributed by atoms with Crippen LogP contribution in [0.3, 0.4) is 0 Å². The van der Waals surface area contributed by atoms with Gasteiger partial charge in [0, 0.05) is 19.0 Å². The lowest BCUT2D eigenvalue weighted by molar-refractivity contribution is 0.232. The summed E-state index contributed by atoms with van der Waals surface area (Å²) in [5, 5.41) is 0. The molecule has 0 saturated heterocycles. The number of sulfonamides is 2. The Morgan fingerprint density at radius 1 is 0.824 bits per heavy atom. The molecule has 3 aromatic rings. The molecule has 0 aromatic heterocycles. The molecule has 1 aliphatic rings. The molecular weight excluding hydrogens is 474 g/mol. The summed E-state index contributed by atoms with van der Waals surface area (Å²) in [6.07, 6.45) is 0.0911. The number of primary amides is 1. The molecule has 1 heterocycles. The van der Waals surface area contributed by atoms with Gasteiger partial charge in [-0.1, -0.05) is 51.4 Å². The van der Waals surface area contributed by atoms with E-state index in [4.69, 9.17) is 5.73 Å². The van der Waals surface area contributed by atoms with Crippen molar-refractivity contribution in [3.63, 3.8) is 0 Å². The summed E-state index contributed by atoms with van der Waals surface area (Å²) in [7, 11) is -8.40. The minimum Gasteiger partial charge on any atom is -0.318 e. The van der Waals surface area contributed by atoms with E-state index in [2.05, 4.69) is 0 Å². The van der Waals surface area contributed by atoms with Gasteiger partial charge in [-0.05, 0) is 44.2 Å². The summed E-state index contributed by atoms with van der Waals surface area (Å²) in [4.78, 5) is 13.0. The number of amides is 2. The lowest BCUT2D eigenvalue weighted by Gasteiger charge is -2.32. The second-order valence-corrected chi connectivity index (χ2v) is 12.2. The highest BCUT2D eigenvalue weighted by Crippen LogP contribution is 2.43. The van der Waals surface area contributed by atoms with E-state index in [1.54, 1.807) is 36.4 Å². The smallest absolute Gasteiger partial charge is 0.318 e. The number of nitrogens with zero attached hydrogens (tertiary/aromatic N) is 2. The third-order valence-corrected chi connectivity index (χ3v) is 10.1. The number of nitrogens with two attached hydrogens (primary N) is 1. The minimum atomic E-state index is -4.37. The first-order valence-electron chi connectivity index (χ1n) is 10.7. The van der Waals surface area contributed by atoms with Crippen LogP contribution in [0.25, 0.3) is 0 Å². The van der Waals surface area contributed by atoms with Gasteiger partial charge in [-0.3, -0.25) is 4.31 Å². The van der Waals surface area contributed by atoms with Crippen LogP contribution in [0.5, 0.6) is 0 Å². The minimum absolute atomic E-state index is 0.00348. The van der Waals surface area contributed by atoms with E-state index in [1.807, 2.05) is 13.8 Å². The Bertz CT molecular complexity index is 1450. The summed E-state index contributed by atoms with van der Waals surface area (Å²) >= 11 is 0. The van der Waals surface area contributed by atoms with Crippen molar-refractivity contribution in [2.45, 2.75) is 30.1 Å². The van der Waals surface area contributed by atoms with Crippen molar-refractivity contribution in [3.8, 4) is 0 Å². The maximum atomic E-state index is 13.9. The number of quaternary nitrogens is 1. The number of benzene rings is 3. The molecule has 0 fully saturated rings. The van der Waals surface area contributed by atoms with Crippen LogP contribution in [-0.4, -0.2) is 36.0 Å². The Morgan fingerprint density at radius 2 is 1.35 bits per heavy atom. The van der Waals surface area contributed by atoms with E-state index in [0.29, 0.717) is 0 Å². The fourth-order valence-electron chi connectivity index (χ4n) is 4.23. The largest absolute Gasteiger partial charge is 0.434 e. The lowest BCUT2D eigenvalue weighted by atomic mass is 10.2. The van der Waals surface area contributed by atoms with Gasteiger partial charge in [0.2, 0.25) is 0 Å². The molecule has 4 rings (SSSR count). The van der Waals surface area contributed by atoms with Crippen molar-refractivity contribution >= 4 is 37.5 Å². The highest BCUT2D eigenvalue weighted by molar-refractivity contribution is 7.93. The Hall–Kier alpha value is -3.21. The monoisotopic (exact) mass is 500 g/mol. The zero-order chi connectivity index (χ0) is 24.7. The van der Waals surface area contributed by atoms with Crippen LogP contribution in [0, 0.1) is 13.8 Å². The molecule has 2 amide bonds. The molecule has 1 unspecified atom stereocenters. The maximum absolute atomic E-state index is 13.9. The molecule has 10 heteroatoms. The zero-order valence-electron chi connectivity index (χ0n) is 18.9. The summed E-state index contributed by atoms with van der Waals surface area (Å²) in [5.74, 6) is 0. The van der Waals surface area contributed by atoms with Gasteiger partial charge in [0.15, 0.2) is 5.69 Å². The Labute approximate surface area is 199 Å². The van der Waals surface area contributed by atoms with Crippen LogP contribution in [0.4, 0.5) is 16.2 Å². The summed E-state index contributed by atoms with van der Waals surface area (Å²) < 4.78 is 55.1. The number of hydrogen-bond acceptors (Lipinski definition) is 5. The average molecular weight is 501 g/mol. The standard InChI is InChI=1S/C24H25N3O5S2/c1-18-8-12-20(13-9-18)33(29,30)26-16-5-17-27(24(25)28,23-7-4-3-6-22(23)26)34(31,32)21-14-10-19(2)11-15-21/h3-4,6-15H,5,16-17H2,1-2H3,(H-,25,28)/p+1. The fraction of sp³-hybridized carbons (Fsp3) is 0.208. The number of hydrogen-bond donors (Lipinski definition) is 1. The normalized spacial score (nSPS) is 18.7. The van der Waals surface area contributed by atoms with E-state index in [9.17, 15) is 21.6 Å². The van der Waals surface area contributed by atoms with Crippen molar-refractivity contribution in [1.29, 1.82) is 0 Å². The molecule has 34 heavy (non-hydrogen) atoms. The van der Waals surface area contributed by atoms with Gasteiger partial charge in [0.25, 0.3) is 10.0 Å². The van der Waals surface area contributed by atoms with Gasteiger partial charge >= 0.3 is 16.1 Å². The number of carbonyl (C=O) groups excluding carboxylic acids is 1. The van der Waals surface area contributed by atoms with Gasteiger partial charge in [-0.2, -0.15) is 8.42 Å². The Morgan fingerprint density at radius 3 is 1.91 bits per heavy atom. The van der Waals surface area contributed by atoms with E-state index < -0.39 is 30.0 Å². The van der Waals surface area contributed by atoms with E-state index in [0.717, 1.165) is 11.1 Å². The Balaban J connectivity index is 1.96. The van der Waals surface area contributed by atoms with Gasteiger partial charge in [0.1, 0.15) is 17.1 Å². The molecule has 8 nitrogen and oxygen atoms in total. The number of anilines is 1. The molecule has 3 aromatic carbocycles. The van der Waals surface area contributed by atoms with Crippen LogP contribution in [0.15, 0.2) is 82.6 Å². The van der Waals surface area contributed by atoms with Gasteiger partial charge in [-0.25, -0.2) is 13.2 Å². The van der Waals surface area contributed by atoms with Crippen LogP contribution in [0.2, 0.25) is 0 Å². The molecule has 0 aliphatic carbocycles. The molecule has 0 bridgehead atoms. The number of aryl methyl sites for hydroxylation is 2. The summed E-state index contributed by atoms with van der Waals surface area (Å²) in [5.41, 5.74) is 7.68. The van der Waals surface area contributed by atoms with E-state index in [1.165, 1.54) is 40.7 Å². The molecular formula is C24H26N3O5S2+. The third-order valence-electron chi connectivity index (χ3n) is 6.07. The molecule has 0 saturated carbocycles. The van der Waals surface area contributed by atoms with Crippen LogP contribution >= 0.6 is 0 Å². The number of carbonyl (C=O) groups is 1. The molecule has 2 N–H and O–H groups in total. The summed E-state index contributed by atoms with van der Waals surface area (Å²) in [6, 6.07) is 17.6. The van der Waals surface area contributed by atoms with Crippen LogP contribution in [-0.2, 0) is 20.0 Å². The predicted octanol–water partition coefficient (Wildman–Crippen LogP) is 3.68. The van der Waals surface area contributed by atoms with Crippen molar-refractivity contribution < 1.29 is 21.6 Å². The lowest BCUT2D eigenvalue weighted by Crippen LogP contribution is -2.61. The second-order valence-electron chi connectivity index (χ2n) is 8.32. The maximum Gasteiger partial charge on any atom is 0.434 e. The van der Waals surface area contributed by atoms with Crippen molar-refractivity contribution in [2.24, 2.45) is 5.73 Å². The third kappa shape index (κ3) is 3.67. The number of fused-ring (bicyclic) bond motifs is 1. The average Bonchev–Trinajstić information content (AvgIpc) is 2.98. The number of rotatable bonds is 4. The van der Waals surface area contributed by atoms with Crippen LogP contribution in [0.1, 0.15) is 17.5 Å². The first-order chi connectivity index (χ1) is 16.0. The van der Waals surface area contributed by atoms with Crippen molar-refractivity contribution in [1.82, 2.24) is 3.89 Å². The van der Waals surface area contributed by atoms with Crippen molar-refractivity contribution in [3.05, 3.63) is 83.9 Å². The highest BCUT2D eigenvalue weighted by atomic mass is 32.2. The first-order valence-corrected chi connectivity index (χ1v) is 13.6. The quantitative estimate of drug-likeness (QED) is 0.549. The van der Waals surface area contributed by atoms with Gasteiger partial charge < -0.3 is 5.73 Å². The molecule has 0 spiro atoms. The molecule has 1 aliphatic heterocycles. The highest BCUT2D eigenvalue weighted by Gasteiger charge is 2.54. The fourth-order valence-corrected chi connectivity index (χ4v) is 7.61. The first kappa shape index (κ1) is 23.9. The number of urea groups is 1. The van der Waals surface area contributed by atoms with Crippen LogP contribution < -0.4 is 13.9 Å². The van der Waals surface area contributed by atoms with E-state index in [-0.39, 0.29) is 40.7 Å². The molecule has 1 atom stereocenters. The second kappa shape index (κ2) is 8.53.